The van der Waals surface area contributed by atoms with Crippen molar-refractivity contribution in [2.24, 2.45) is 0 Å². The summed E-state index contributed by atoms with van der Waals surface area (Å²) in [7, 11) is 0. The summed E-state index contributed by atoms with van der Waals surface area (Å²) in [6.07, 6.45) is 5.19. The first kappa shape index (κ1) is 13.8. The molecule has 104 valence electrons. The molecule has 2 aromatic rings. The Hall–Kier alpha value is -2.63. The number of carbonyl (C=O) groups is 2. The average Bonchev–Trinajstić information content (AvgIpc) is 2.96. The molecule has 0 aliphatic rings. The van der Waals surface area contributed by atoms with E-state index in [4.69, 9.17) is 0 Å². The minimum atomic E-state index is -1.08. The van der Waals surface area contributed by atoms with Gasteiger partial charge in [-0.25, -0.2) is 9.78 Å². The van der Waals surface area contributed by atoms with Crippen LogP contribution < -0.4 is 5.32 Å². The van der Waals surface area contributed by atoms with Crippen molar-refractivity contribution in [2.75, 3.05) is 0 Å². The van der Waals surface area contributed by atoms with E-state index in [1.807, 2.05) is 0 Å². The molecule has 0 saturated heterocycles. The van der Waals surface area contributed by atoms with Gasteiger partial charge in [0.2, 0.25) is 5.91 Å². The highest BCUT2D eigenvalue weighted by Gasteiger charge is 2.21. The highest BCUT2D eigenvalue weighted by atomic mass is 16.4. The Balaban J connectivity index is 1.95. The predicted octanol–water partition coefficient (Wildman–Crippen LogP) is 1.22. The number of aromatic nitrogens is 2. The zero-order valence-electron chi connectivity index (χ0n) is 10.8. The number of carboxylic acids is 1. The Bertz CT molecular complexity index is 567. The second kappa shape index (κ2) is 6.51. The number of carboxylic acid groups (broad SMARTS) is 1. The van der Waals surface area contributed by atoms with Crippen molar-refractivity contribution < 1.29 is 14.7 Å². The molecule has 2 N–H and O–H groups in total. The van der Waals surface area contributed by atoms with Crippen molar-refractivity contribution in [1.82, 2.24) is 14.9 Å². The molecule has 6 nitrogen and oxygen atoms in total. The molecule has 20 heavy (non-hydrogen) atoms. The monoisotopic (exact) mass is 273 g/mol. The van der Waals surface area contributed by atoms with E-state index in [1.54, 1.807) is 53.6 Å². The quantitative estimate of drug-likeness (QED) is 0.828. The molecule has 2 rings (SSSR count). The fourth-order valence-electron chi connectivity index (χ4n) is 1.82. The van der Waals surface area contributed by atoms with Crippen molar-refractivity contribution in [2.45, 2.75) is 19.0 Å². The smallest absolute Gasteiger partial charge is 0.330 e. The fourth-order valence-corrected chi connectivity index (χ4v) is 1.82. The maximum atomic E-state index is 11.8. The van der Waals surface area contributed by atoms with Crippen LogP contribution in [0.5, 0.6) is 0 Å². The van der Waals surface area contributed by atoms with E-state index in [9.17, 15) is 14.7 Å². The number of nitrogens with zero attached hydrogens (tertiary/aromatic N) is 2. The van der Waals surface area contributed by atoms with Gasteiger partial charge in [-0.3, -0.25) is 4.79 Å². The Labute approximate surface area is 116 Å². The SMILES string of the molecule is O=C(CCn1ccnc1)NC(C(=O)O)c1ccccc1. The van der Waals surface area contributed by atoms with Gasteiger partial charge in [-0.2, -0.15) is 0 Å². The van der Waals surface area contributed by atoms with Gasteiger partial charge in [0.15, 0.2) is 6.04 Å². The summed E-state index contributed by atoms with van der Waals surface area (Å²) >= 11 is 0. The van der Waals surface area contributed by atoms with E-state index in [1.165, 1.54) is 0 Å². The number of hydrogen-bond acceptors (Lipinski definition) is 3. The van der Waals surface area contributed by atoms with E-state index < -0.39 is 12.0 Å². The summed E-state index contributed by atoms with van der Waals surface area (Å²) in [5.41, 5.74) is 0.552. The summed E-state index contributed by atoms with van der Waals surface area (Å²) in [6, 6.07) is 7.60. The molecule has 0 fully saturated rings. The molecule has 0 aliphatic heterocycles. The third-order valence-electron chi connectivity index (χ3n) is 2.84. The first-order chi connectivity index (χ1) is 9.66. The van der Waals surface area contributed by atoms with Crippen molar-refractivity contribution in [3.8, 4) is 0 Å². The normalized spacial score (nSPS) is 11.8. The van der Waals surface area contributed by atoms with Crippen LogP contribution in [0.3, 0.4) is 0 Å². The summed E-state index contributed by atoms with van der Waals surface area (Å²) in [6.45, 7) is 0.465. The number of benzene rings is 1. The van der Waals surface area contributed by atoms with Gasteiger partial charge < -0.3 is 15.0 Å². The second-order valence-electron chi connectivity index (χ2n) is 4.30. The lowest BCUT2D eigenvalue weighted by Crippen LogP contribution is -2.34. The third-order valence-corrected chi connectivity index (χ3v) is 2.84. The summed E-state index contributed by atoms with van der Waals surface area (Å²) in [5.74, 6) is -1.39. The van der Waals surface area contributed by atoms with Crippen LogP contribution in [0, 0.1) is 0 Å². The van der Waals surface area contributed by atoms with Crippen LogP contribution in [-0.4, -0.2) is 26.5 Å². The summed E-state index contributed by atoms with van der Waals surface area (Å²) in [4.78, 5) is 26.9. The maximum Gasteiger partial charge on any atom is 0.330 e. The predicted molar refractivity (Wildman–Crippen MR) is 71.8 cm³/mol. The van der Waals surface area contributed by atoms with Gasteiger partial charge in [-0.1, -0.05) is 30.3 Å². The van der Waals surface area contributed by atoms with Crippen molar-refractivity contribution in [3.05, 3.63) is 54.6 Å². The summed E-state index contributed by atoms with van der Waals surface area (Å²) in [5, 5.41) is 11.7. The first-order valence-electron chi connectivity index (χ1n) is 6.19. The van der Waals surface area contributed by atoms with Gasteiger partial charge in [-0.15, -0.1) is 0 Å². The molecule has 1 aromatic heterocycles. The number of rotatable bonds is 6. The highest BCUT2D eigenvalue weighted by molar-refractivity contribution is 5.84. The number of amides is 1. The van der Waals surface area contributed by atoms with E-state index in [2.05, 4.69) is 10.3 Å². The summed E-state index contributed by atoms with van der Waals surface area (Å²) < 4.78 is 1.76. The van der Waals surface area contributed by atoms with Gasteiger partial charge in [0, 0.05) is 25.4 Å². The molecule has 1 unspecified atom stereocenters. The standard InChI is InChI=1S/C14H15N3O3/c18-12(6-8-17-9-7-15-10-17)16-13(14(19)20)11-4-2-1-3-5-11/h1-5,7,9-10,13H,6,8H2,(H,16,18)(H,19,20). The van der Waals surface area contributed by atoms with Gasteiger partial charge in [0.1, 0.15) is 0 Å². The number of aliphatic carboxylic acids is 1. The molecule has 0 bridgehead atoms. The van der Waals surface area contributed by atoms with Crippen LogP contribution in [0.15, 0.2) is 49.1 Å². The zero-order chi connectivity index (χ0) is 14.4. The fraction of sp³-hybridized carbons (Fsp3) is 0.214. The lowest BCUT2D eigenvalue weighted by molar-refractivity contribution is -0.142. The van der Waals surface area contributed by atoms with Gasteiger partial charge in [0.25, 0.3) is 0 Å². The van der Waals surface area contributed by atoms with Crippen molar-refractivity contribution in [1.29, 1.82) is 0 Å². The van der Waals surface area contributed by atoms with E-state index in [0.29, 0.717) is 12.1 Å². The van der Waals surface area contributed by atoms with Gasteiger partial charge in [-0.05, 0) is 5.56 Å². The molecule has 0 spiro atoms. The minimum Gasteiger partial charge on any atom is -0.479 e. The first-order valence-corrected chi connectivity index (χ1v) is 6.19. The van der Waals surface area contributed by atoms with E-state index >= 15 is 0 Å². The van der Waals surface area contributed by atoms with Crippen LogP contribution in [0.2, 0.25) is 0 Å². The van der Waals surface area contributed by atoms with Crippen molar-refractivity contribution >= 4 is 11.9 Å². The Morgan fingerprint density at radius 3 is 2.65 bits per heavy atom. The third kappa shape index (κ3) is 3.68. The lowest BCUT2D eigenvalue weighted by atomic mass is 10.1. The number of nitrogens with one attached hydrogen (secondary N) is 1. The van der Waals surface area contributed by atoms with Crippen molar-refractivity contribution in [3.63, 3.8) is 0 Å². The molecular weight excluding hydrogens is 258 g/mol. The zero-order valence-corrected chi connectivity index (χ0v) is 10.8. The van der Waals surface area contributed by atoms with Crippen LogP contribution in [0.4, 0.5) is 0 Å². The van der Waals surface area contributed by atoms with Gasteiger partial charge >= 0.3 is 5.97 Å². The van der Waals surface area contributed by atoms with Crippen LogP contribution in [0.1, 0.15) is 18.0 Å². The maximum absolute atomic E-state index is 11.8. The van der Waals surface area contributed by atoms with Crippen LogP contribution >= 0.6 is 0 Å². The Morgan fingerprint density at radius 2 is 2.05 bits per heavy atom. The number of aryl methyl sites for hydroxylation is 1. The van der Waals surface area contributed by atoms with Crippen LogP contribution in [0.25, 0.3) is 0 Å². The molecule has 0 radical (unpaired) electrons. The Kier molecular flexibility index (Phi) is 4.49. The number of hydrogen-bond donors (Lipinski definition) is 2. The van der Waals surface area contributed by atoms with Crippen LogP contribution in [-0.2, 0) is 16.1 Å². The second-order valence-corrected chi connectivity index (χ2v) is 4.30. The van der Waals surface area contributed by atoms with E-state index in [-0.39, 0.29) is 12.3 Å². The van der Waals surface area contributed by atoms with E-state index in [0.717, 1.165) is 0 Å². The number of carbonyl (C=O) groups excluding carboxylic acids is 1. The molecule has 1 atom stereocenters. The molecule has 1 amide bonds. The lowest BCUT2D eigenvalue weighted by Gasteiger charge is -2.14. The molecule has 0 saturated carbocycles. The van der Waals surface area contributed by atoms with Gasteiger partial charge in [0.05, 0.1) is 6.33 Å². The Morgan fingerprint density at radius 1 is 1.30 bits per heavy atom. The minimum absolute atomic E-state index is 0.201. The molecule has 6 heteroatoms. The number of imidazole rings is 1. The topological polar surface area (TPSA) is 84.2 Å². The highest BCUT2D eigenvalue weighted by Crippen LogP contribution is 2.12. The molecule has 0 aliphatic carbocycles. The molecule has 1 heterocycles. The molecule has 1 aromatic carbocycles. The molecular formula is C14H15N3O3. The average molecular weight is 273 g/mol. The largest absolute Gasteiger partial charge is 0.479 e.